The van der Waals surface area contributed by atoms with Crippen molar-refractivity contribution in [3.63, 3.8) is 0 Å². The maximum Gasteiger partial charge on any atom is 0.244 e. The minimum Gasteiger partial charge on any atom is -0.478 e. The summed E-state index contributed by atoms with van der Waals surface area (Å²) in [4.78, 5) is 16.3. The number of carbonyl (C=O) groups is 1. The molecule has 0 spiro atoms. The molecule has 0 atom stereocenters. The Bertz CT molecular complexity index is 890. The van der Waals surface area contributed by atoms with Crippen molar-refractivity contribution in [3.05, 3.63) is 57.7 Å². The largest absolute Gasteiger partial charge is 0.478 e. The number of benzene rings is 1. The van der Waals surface area contributed by atoms with Gasteiger partial charge in [-0.2, -0.15) is 0 Å². The van der Waals surface area contributed by atoms with Crippen molar-refractivity contribution in [2.45, 2.75) is 59.3 Å². The lowest BCUT2D eigenvalue weighted by Gasteiger charge is -2.06. The summed E-state index contributed by atoms with van der Waals surface area (Å²) >= 11 is 2.31. The van der Waals surface area contributed by atoms with E-state index in [9.17, 15) is 4.79 Å². The summed E-state index contributed by atoms with van der Waals surface area (Å²) in [7, 11) is 0. The lowest BCUT2D eigenvalue weighted by atomic mass is 10.1. The van der Waals surface area contributed by atoms with Gasteiger partial charge in [-0.15, -0.1) is 0 Å². The highest BCUT2D eigenvalue weighted by atomic mass is 127. The van der Waals surface area contributed by atoms with Gasteiger partial charge in [0.25, 0.3) is 0 Å². The van der Waals surface area contributed by atoms with E-state index in [1.54, 1.807) is 6.08 Å². The third-order valence-electron chi connectivity index (χ3n) is 4.81. The molecular weight excluding hydrogens is 499 g/mol. The number of nitrogens with zero attached hydrogens (tertiary/aromatic N) is 1. The topological polar surface area (TPSA) is 51.2 Å². The number of nitrogens with one attached hydrogen (secondary N) is 1. The third-order valence-corrected chi connectivity index (χ3v) is 5.49. The summed E-state index contributed by atoms with van der Waals surface area (Å²) in [5.74, 6) is 1.17. The first-order valence-electron chi connectivity index (χ1n) is 11.3. The minimum absolute atomic E-state index is 0.00766. The second kappa shape index (κ2) is 14.2. The maximum absolute atomic E-state index is 11.7. The van der Waals surface area contributed by atoms with Gasteiger partial charge in [0.05, 0.1) is 12.1 Å². The monoisotopic (exact) mass is 534 g/mol. The zero-order chi connectivity index (χ0) is 22.5. The first kappa shape index (κ1) is 25.4. The Labute approximate surface area is 200 Å². The Morgan fingerprint density at radius 2 is 1.90 bits per heavy atom. The minimum atomic E-state index is -0.00766. The molecule has 1 amide bonds. The van der Waals surface area contributed by atoms with Gasteiger partial charge in [0.1, 0.15) is 0 Å². The fraction of sp³-hybridized carbons (Fsp3) is 0.462. The molecule has 0 aliphatic heterocycles. The molecule has 1 aromatic carbocycles. The molecule has 0 bridgehead atoms. The molecule has 0 radical (unpaired) electrons. The van der Waals surface area contributed by atoms with Crippen LogP contribution in [0.1, 0.15) is 59.3 Å². The lowest BCUT2D eigenvalue weighted by Crippen LogP contribution is -2.25. The second-order valence-electron chi connectivity index (χ2n) is 8.32. The second-order valence-corrected chi connectivity index (χ2v) is 9.57. The Hall–Kier alpha value is -1.89. The first-order chi connectivity index (χ1) is 14.9. The van der Waals surface area contributed by atoms with E-state index < -0.39 is 0 Å². The van der Waals surface area contributed by atoms with Crippen LogP contribution in [0.4, 0.5) is 0 Å². The summed E-state index contributed by atoms with van der Waals surface area (Å²) < 4.78 is 7.03. The number of hydrogen-bond acceptors (Lipinski definition) is 3. The van der Waals surface area contributed by atoms with Crippen molar-refractivity contribution >= 4 is 39.4 Å². The number of amides is 1. The van der Waals surface area contributed by atoms with Crippen LogP contribution in [0.25, 0.3) is 10.9 Å². The van der Waals surface area contributed by atoms with Gasteiger partial charge < -0.3 is 10.1 Å². The number of allylic oxidation sites excluding steroid dienone is 3. The molecule has 4 nitrogen and oxygen atoms in total. The molecular formula is C26H35IN2O2. The van der Waals surface area contributed by atoms with Crippen molar-refractivity contribution in [1.29, 1.82) is 0 Å². The molecule has 0 aliphatic carbocycles. The molecule has 0 aliphatic rings. The zero-order valence-electron chi connectivity index (χ0n) is 19.0. The van der Waals surface area contributed by atoms with Crippen LogP contribution in [0.5, 0.6) is 5.88 Å². The summed E-state index contributed by atoms with van der Waals surface area (Å²) in [5.41, 5.74) is 1.97. The van der Waals surface area contributed by atoms with E-state index in [0.717, 1.165) is 35.9 Å². The molecule has 0 saturated carbocycles. The molecule has 0 unspecified atom stereocenters. The van der Waals surface area contributed by atoms with Crippen LogP contribution in [0.2, 0.25) is 0 Å². The molecule has 1 heterocycles. The smallest absolute Gasteiger partial charge is 0.244 e. The summed E-state index contributed by atoms with van der Waals surface area (Å²) in [6, 6.07) is 10.3. The average Bonchev–Trinajstić information content (AvgIpc) is 2.73. The van der Waals surface area contributed by atoms with Crippen molar-refractivity contribution < 1.29 is 9.53 Å². The SMILES string of the molecule is CC(/C=C/CCCCCCCOc1ccc2cc(I)ccc2n1)=C\C(=O)NCC(C)C. The van der Waals surface area contributed by atoms with Gasteiger partial charge in [-0.1, -0.05) is 45.3 Å². The lowest BCUT2D eigenvalue weighted by molar-refractivity contribution is -0.116. The number of halogens is 1. The highest BCUT2D eigenvalue weighted by molar-refractivity contribution is 14.1. The fourth-order valence-electron chi connectivity index (χ4n) is 3.11. The predicted molar refractivity (Wildman–Crippen MR) is 138 cm³/mol. The highest BCUT2D eigenvalue weighted by Crippen LogP contribution is 2.19. The molecule has 0 saturated heterocycles. The van der Waals surface area contributed by atoms with E-state index in [2.05, 4.69) is 71.0 Å². The molecule has 1 N–H and O–H groups in total. The van der Waals surface area contributed by atoms with Crippen molar-refractivity contribution in [2.24, 2.45) is 5.92 Å². The highest BCUT2D eigenvalue weighted by Gasteiger charge is 2.01. The third kappa shape index (κ3) is 10.8. The number of aromatic nitrogens is 1. The number of fused-ring (bicyclic) bond motifs is 1. The Kier molecular flexibility index (Phi) is 11.6. The predicted octanol–water partition coefficient (Wildman–Crippen LogP) is 6.83. The summed E-state index contributed by atoms with van der Waals surface area (Å²) in [6.45, 7) is 7.58. The Morgan fingerprint density at radius 3 is 2.71 bits per heavy atom. The zero-order valence-corrected chi connectivity index (χ0v) is 21.2. The Morgan fingerprint density at radius 1 is 1.13 bits per heavy atom. The normalized spacial score (nSPS) is 12.1. The van der Waals surface area contributed by atoms with E-state index >= 15 is 0 Å². The molecule has 2 aromatic rings. The number of ether oxygens (including phenoxy) is 1. The van der Waals surface area contributed by atoms with Crippen LogP contribution in [0, 0.1) is 9.49 Å². The fourth-order valence-corrected chi connectivity index (χ4v) is 3.62. The summed E-state index contributed by atoms with van der Waals surface area (Å²) in [5, 5.41) is 4.05. The van der Waals surface area contributed by atoms with Crippen LogP contribution in [-0.4, -0.2) is 24.0 Å². The van der Waals surface area contributed by atoms with E-state index in [4.69, 9.17) is 4.74 Å². The van der Waals surface area contributed by atoms with E-state index in [0.29, 0.717) is 18.4 Å². The molecule has 5 heteroatoms. The van der Waals surface area contributed by atoms with Gasteiger partial charge in [-0.3, -0.25) is 4.79 Å². The quantitative estimate of drug-likeness (QED) is 0.133. The number of unbranched alkanes of at least 4 members (excludes halogenated alkanes) is 5. The number of carbonyl (C=O) groups excluding carboxylic acids is 1. The van der Waals surface area contributed by atoms with Crippen molar-refractivity contribution in [2.75, 3.05) is 13.2 Å². The average molecular weight is 534 g/mol. The maximum atomic E-state index is 11.7. The van der Waals surface area contributed by atoms with Gasteiger partial charge in [-0.05, 0) is 84.5 Å². The van der Waals surface area contributed by atoms with Gasteiger partial charge >= 0.3 is 0 Å². The van der Waals surface area contributed by atoms with Gasteiger partial charge in [0, 0.05) is 27.6 Å². The Balaban J connectivity index is 1.52. The molecule has 0 fully saturated rings. The molecule has 1 aromatic heterocycles. The number of rotatable bonds is 13. The molecule has 2 rings (SSSR count). The van der Waals surface area contributed by atoms with Crippen molar-refractivity contribution in [3.8, 4) is 5.88 Å². The molecule has 168 valence electrons. The van der Waals surface area contributed by atoms with E-state index in [-0.39, 0.29) is 5.91 Å². The van der Waals surface area contributed by atoms with Crippen molar-refractivity contribution in [1.82, 2.24) is 10.3 Å². The van der Waals surface area contributed by atoms with Crippen LogP contribution >= 0.6 is 22.6 Å². The van der Waals surface area contributed by atoms with E-state index in [1.165, 1.54) is 29.3 Å². The first-order valence-corrected chi connectivity index (χ1v) is 12.3. The number of hydrogen-bond donors (Lipinski definition) is 1. The van der Waals surface area contributed by atoms with Gasteiger partial charge in [0.2, 0.25) is 11.8 Å². The molecule has 31 heavy (non-hydrogen) atoms. The van der Waals surface area contributed by atoms with Crippen LogP contribution in [-0.2, 0) is 4.79 Å². The van der Waals surface area contributed by atoms with Crippen LogP contribution < -0.4 is 10.1 Å². The number of pyridine rings is 1. The standard InChI is InChI=1S/C26H35IN2O2/c1-20(2)19-28-25(30)17-21(3)11-9-7-5-4-6-8-10-16-31-26-15-12-22-18-23(27)13-14-24(22)29-26/h9,11-15,17-18,20H,4-8,10,16,19H2,1-3H3,(H,28,30)/b11-9+,21-17+. The summed E-state index contributed by atoms with van der Waals surface area (Å²) in [6.07, 6.45) is 12.8. The van der Waals surface area contributed by atoms with E-state index in [1.807, 2.05) is 25.1 Å². The van der Waals surface area contributed by atoms with Crippen LogP contribution in [0.15, 0.2) is 54.1 Å². The van der Waals surface area contributed by atoms with Gasteiger partial charge in [-0.25, -0.2) is 4.98 Å². The van der Waals surface area contributed by atoms with Crippen LogP contribution in [0.3, 0.4) is 0 Å². The van der Waals surface area contributed by atoms with Gasteiger partial charge in [0.15, 0.2) is 0 Å².